The van der Waals surface area contributed by atoms with Crippen LogP contribution in [0.4, 0.5) is 5.69 Å². The van der Waals surface area contributed by atoms with Crippen LogP contribution < -0.4 is 14.8 Å². The van der Waals surface area contributed by atoms with Crippen LogP contribution in [0, 0.1) is 0 Å². The molecule has 1 amide bonds. The molecule has 3 aromatic rings. The van der Waals surface area contributed by atoms with Gasteiger partial charge >= 0.3 is 0 Å². The van der Waals surface area contributed by atoms with Gasteiger partial charge in [0.25, 0.3) is 5.91 Å². The number of anilines is 1. The van der Waals surface area contributed by atoms with Crippen LogP contribution in [0.1, 0.15) is 27.6 Å². The molecule has 1 atom stereocenters. The molecule has 0 aliphatic carbocycles. The molecule has 0 aliphatic rings. The molecule has 0 aliphatic heterocycles. The molecule has 0 unspecified atom stereocenters. The lowest BCUT2D eigenvalue weighted by Crippen LogP contribution is -2.23. The molecule has 6 heteroatoms. The predicted molar refractivity (Wildman–Crippen MR) is 113 cm³/mol. The molecular weight excluding hydrogens is 390 g/mol. The topological polar surface area (TPSA) is 64.6 Å². The van der Waals surface area contributed by atoms with E-state index in [1.54, 1.807) is 86.8 Å². The highest BCUT2D eigenvalue weighted by molar-refractivity contribution is 6.30. The summed E-state index contributed by atoms with van der Waals surface area (Å²) in [6.07, 6.45) is -0.659. The number of carbonyl (C=O) groups excluding carboxylic acids is 2. The van der Waals surface area contributed by atoms with Crippen molar-refractivity contribution >= 4 is 29.0 Å². The van der Waals surface area contributed by atoms with Crippen molar-refractivity contribution in [3.05, 3.63) is 88.9 Å². The molecule has 0 fully saturated rings. The summed E-state index contributed by atoms with van der Waals surface area (Å²) in [5.41, 5.74) is 1.64. The molecule has 1 N–H and O–H groups in total. The van der Waals surface area contributed by atoms with Crippen molar-refractivity contribution in [3.63, 3.8) is 0 Å². The maximum atomic E-state index is 12.4. The Morgan fingerprint density at radius 2 is 1.59 bits per heavy atom. The molecule has 3 aromatic carbocycles. The first-order valence-corrected chi connectivity index (χ1v) is 9.36. The van der Waals surface area contributed by atoms with Crippen molar-refractivity contribution in [2.45, 2.75) is 13.0 Å². The Hall–Kier alpha value is -3.31. The number of hydrogen-bond donors (Lipinski definition) is 1. The van der Waals surface area contributed by atoms with E-state index in [1.165, 1.54) is 0 Å². The number of ketones is 1. The number of halogens is 1. The number of benzene rings is 3. The van der Waals surface area contributed by atoms with Crippen molar-refractivity contribution in [3.8, 4) is 11.5 Å². The number of methoxy groups -OCH3 is 1. The van der Waals surface area contributed by atoms with E-state index in [2.05, 4.69) is 5.32 Å². The standard InChI is InChI=1S/C23H20ClNO4/c1-15(22(26)16-6-8-18(24)9-7-16)29-20-12-10-19(11-13-20)25-23(27)17-4-3-5-21(14-17)28-2/h3-15H,1-2H3,(H,25,27)/t15-/m0/s1. The summed E-state index contributed by atoms with van der Waals surface area (Å²) < 4.78 is 10.9. The number of ether oxygens (including phenoxy) is 2. The average molecular weight is 410 g/mol. The molecule has 5 nitrogen and oxygen atoms in total. The van der Waals surface area contributed by atoms with Crippen LogP contribution in [0.25, 0.3) is 0 Å². The summed E-state index contributed by atoms with van der Waals surface area (Å²) in [4.78, 5) is 24.8. The van der Waals surface area contributed by atoms with Crippen molar-refractivity contribution < 1.29 is 19.1 Å². The molecule has 29 heavy (non-hydrogen) atoms. The largest absolute Gasteiger partial charge is 0.497 e. The van der Waals surface area contributed by atoms with Gasteiger partial charge in [-0.1, -0.05) is 17.7 Å². The molecule has 0 saturated carbocycles. The first-order valence-electron chi connectivity index (χ1n) is 8.98. The van der Waals surface area contributed by atoms with Crippen molar-refractivity contribution in [2.24, 2.45) is 0 Å². The number of amides is 1. The van der Waals surface area contributed by atoms with Crippen LogP contribution in [0.2, 0.25) is 5.02 Å². The van der Waals surface area contributed by atoms with E-state index in [0.29, 0.717) is 33.3 Å². The van der Waals surface area contributed by atoms with Gasteiger partial charge in [-0.3, -0.25) is 9.59 Å². The monoisotopic (exact) mass is 409 g/mol. The van der Waals surface area contributed by atoms with Gasteiger partial charge in [0.2, 0.25) is 5.78 Å². The van der Waals surface area contributed by atoms with Gasteiger partial charge in [0.1, 0.15) is 11.5 Å². The Morgan fingerprint density at radius 3 is 2.24 bits per heavy atom. The normalized spacial score (nSPS) is 11.4. The van der Waals surface area contributed by atoms with Gasteiger partial charge in [-0.05, 0) is 73.7 Å². The van der Waals surface area contributed by atoms with E-state index in [4.69, 9.17) is 21.1 Å². The Bertz CT molecular complexity index is 1000. The van der Waals surface area contributed by atoms with E-state index in [-0.39, 0.29) is 11.7 Å². The van der Waals surface area contributed by atoms with Crippen LogP contribution in [0.15, 0.2) is 72.8 Å². The van der Waals surface area contributed by atoms with E-state index in [1.807, 2.05) is 0 Å². The zero-order valence-electron chi connectivity index (χ0n) is 16.0. The lowest BCUT2D eigenvalue weighted by molar-refractivity contribution is 0.0818. The first kappa shape index (κ1) is 20.4. The SMILES string of the molecule is COc1cccc(C(=O)Nc2ccc(O[C@@H](C)C(=O)c3ccc(Cl)cc3)cc2)c1. The Morgan fingerprint density at radius 1 is 0.897 bits per heavy atom. The second kappa shape index (κ2) is 9.26. The molecule has 0 radical (unpaired) electrons. The molecular formula is C23H20ClNO4. The molecule has 148 valence electrons. The number of carbonyl (C=O) groups is 2. The molecule has 0 saturated heterocycles. The van der Waals surface area contributed by atoms with Gasteiger partial charge in [0.05, 0.1) is 7.11 Å². The van der Waals surface area contributed by atoms with Crippen molar-refractivity contribution in [1.29, 1.82) is 0 Å². The quantitative estimate of drug-likeness (QED) is 0.541. The first-order chi connectivity index (χ1) is 14.0. The number of nitrogens with one attached hydrogen (secondary N) is 1. The number of rotatable bonds is 7. The highest BCUT2D eigenvalue weighted by Gasteiger charge is 2.17. The van der Waals surface area contributed by atoms with Crippen LogP contribution in [0.3, 0.4) is 0 Å². The summed E-state index contributed by atoms with van der Waals surface area (Å²) in [6.45, 7) is 1.69. The molecule has 0 spiro atoms. The minimum atomic E-state index is -0.659. The number of Topliss-reactive ketones (excluding diaryl/α,β-unsaturated/α-hetero) is 1. The highest BCUT2D eigenvalue weighted by Crippen LogP contribution is 2.20. The molecule has 0 aromatic heterocycles. The Balaban J connectivity index is 1.61. The van der Waals surface area contributed by atoms with Crippen LogP contribution >= 0.6 is 11.6 Å². The van der Waals surface area contributed by atoms with Crippen molar-refractivity contribution in [1.82, 2.24) is 0 Å². The maximum absolute atomic E-state index is 12.4. The van der Waals surface area contributed by atoms with Gasteiger partial charge in [-0.2, -0.15) is 0 Å². The third-order valence-corrected chi connectivity index (χ3v) is 4.51. The summed E-state index contributed by atoms with van der Waals surface area (Å²) in [5.74, 6) is 0.751. The third kappa shape index (κ3) is 5.36. The fourth-order valence-electron chi connectivity index (χ4n) is 2.69. The van der Waals surface area contributed by atoms with E-state index in [9.17, 15) is 9.59 Å². The van der Waals surface area contributed by atoms with Gasteiger partial charge in [-0.25, -0.2) is 0 Å². The average Bonchev–Trinajstić information content (AvgIpc) is 2.75. The summed E-state index contributed by atoms with van der Waals surface area (Å²) in [5, 5.41) is 3.39. The zero-order valence-corrected chi connectivity index (χ0v) is 16.8. The molecule has 0 heterocycles. The van der Waals surface area contributed by atoms with Crippen LogP contribution in [0.5, 0.6) is 11.5 Å². The molecule has 3 rings (SSSR count). The smallest absolute Gasteiger partial charge is 0.255 e. The van der Waals surface area contributed by atoms with Crippen LogP contribution in [-0.2, 0) is 0 Å². The van der Waals surface area contributed by atoms with Gasteiger partial charge < -0.3 is 14.8 Å². The van der Waals surface area contributed by atoms with Crippen molar-refractivity contribution in [2.75, 3.05) is 12.4 Å². The third-order valence-electron chi connectivity index (χ3n) is 4.25. The Kier molecular flexibility index (Phi) is 6.52. The van der Waals surface area contributed by atoms with Gasteiger partial charge in [0.15, 0.2) is 6.10 Å². The van der Waals surface area contributed by atoms with Gasteiger partial charge in [-0.15, -0.1) is 0 Å². The lowest BCUT2D eigenvalue weighted by atomic mass is 10.1. The fraction of sp³-hybridized carbons (Fsp3) is 0.130. The minimum Gasteiger partial charge on any atom is -0.497 e. The predicted octanol–water partition coefficient (Wildman–Crippen LogP) is 5.25. The summed E-state index contributed by atoms with van der Waals surface area (Å²) >= 11 is 5.85. The summed E-state index contributed by atoms with van der Waals surface area (Å²) in [7, 11) is 1.55. The van der Waals surface area contributed by atoms with E-state index >= 15 is 0 Å². The summed E-state index contributed by atoms with van der Waals surface area (Å²) in [6, 6.07) is 20.4. The van der Waals surface area contributed by atoms with Gasteiger partial charge in [0, 0.05) is 21.8 Å². The maximum Gasteiger partial charge on any atom is 0.255 e. The molecule has 0 bridgehead atoms. The zero-order chi connectivity index (χ0) is 20.8. The minimum absolute atomic E-state index is 0.142. The van der Waals surface area contributed by atoms with E-state index < -0.39 is 6.10 Å². The van der Waals surface area contributed by atoms with E-state index in [0.717, 1.165) is 0 Å². The lowest BCUT2D eigenvalue weighted by Gasteiger charge is -2.14. The second-order valence-corrected chi connectivity index (χ2v) is 6.78. The fourth-order valence-corrected chi connectivity index (χ4v) is 2.82. The Labute approximate surface area is 174 Å². The van der Waals surface area contributed by atoms with Crippen LogP contribution in [-0.4, -0.2) is 24.9 Å². The second-order valence-electron chi connectivity index (χ2n) is 6.34. The number of hydrogen-bond acceptors (Lipinski definition) is 4. The highest BCUT2D eigenvalue weighted by atomic mass is 35.5.